The molecule has 3 amide bonds. The number of amides is 3. The molecule has 8 heteroatoms. The van der Waals surface area contributed by atoms with Gasteiger partial charge in [-0.05, 0) is 69.0 Å². The molecule has 3 aliphatic heterocycles. The first-order valence-electron chi connectivity index (χ1n) is 12.8. The number of nitrogens with one attached hydrogen (secondary N) is 1. The summed E-state index contributed by atoms with van der Waals surface area (Å²) in [6.07, 6.45) is 2.47. The lowest BCUT2D eigenvalue weighted by atomic mass is 9.67. The number of ether oxygens (including phenoxy) is 1. The molecule has 7 nitrogen and oxygen atoms in total. The van der Waals surface area contributed by atoms with E-state index in [4.69, 9.17) is 4.74 Å². The molecule has 3 aliphatic rings. The van der Waals surface area contributed by atoms with E-state index in [-0.39, 0.29) is 30.0 Å². The molecule has 0 aliphatic carbocycles. The summed E-state index contributed by atoms with van der Waals surface area (Å²) in [5.74, 6) is -2.35. The van der Waals surface area contributed by atoms with E-state index in [2.05, 4.69) is 11.4 Å². The van der Waals surface area contributed by atoms with Gasteiger partial charge in [-0.1, -0.05) is 24.3 Å². The number of carbonyl (C=O) groups is 3. The number of anilines is 2. The zero-order valence-electron chi connectivity index (χ0n) is 20.9. The molecule has 192 valence electrons. The van der Waals surface area contributed by atoms with Crippen LogP contribution in [-0.2, 0) is 19.1 Å². The topological polar surface area (TPSA) is 99.5 Å². The largest absolute Gasteiger partial charge is 0.367 e. The number of rotatable bonds is 6. The Hall–Kier alpha value is -4.09. The van der Waals surface area contributed by atoms with Gasteiger partial charge in [0.2, 0.25) is 17.7 Å². The van der Waals surface area contributed by atoms with Gasteiger partial charge < -0.3 is 10.1 Å². The molecule has 0 saturated carbocycles. The molecular formula is C30H26FN3O4. The maximum Gasteiger partial charge on any atom is 0.240 e. The number of imide groups is 1. The second-order valence-electron chi connectivity index (χ2n) is 10.6. The summed E-state index contributed by atoms with van der Waals surface area (Å²) in [4.78, 5) is 41.6. The molecule has 3 saturated heterocycles. The van der Waals surface area contributed by atoms with Gasteiger partial charge in [0, 0.05) is 22.9 Å². The monoisotopic (exact) mass is 511 g/mol. The predicted molar refractivity (Wildman–Crippen MR) is 138 cm³/mol. The van der Waals surface area contributed by atoms with E-state index < -0.39 is 23.0 Å². The molecule has 6 rings (SSSR count). The maximum atomic E-state index is 13.9. The average Bonchev–Trinajstić information content (AvgIpc) is 3.49. The van der Waals surface area contributed by atoms with Crippen molar-refractivity contribution in [1.82, 2.24) is 0 Å². The van der Waals surface area contributed by atoms with Crippen molar-refractivity contribution in [2.24, 2.45) is 11.8 Å². The molecule has 4 atom stereocenters. The first-order chi connectivity index (χ1) is 18.3. The van der Waals surface area contributed by atoms with E-state index in [0.717, 1.165) is 0 Å². The Kier molecular flexibility index (Phi) is 5.58. The summed E-state index contributed by atoms with van der Waals surface area (Å²) in [5, 5.41) is 13.7. The number of carbonyl (C=O) groups excluding carboxylic acids is 3. The van der Waals surface area contributed by atoms with Gasteiger partial charge in [0.15, 0.2) is 0 Å². The molecule has 3 aromatic carbocycles. The first-order valence-corrected chi connectivity index (χ1v) is 12.8. The normalized spacial score (nSPS) is 27.6. The second-order valence-corrected chi connectivity index (χ2v) is 10.6. The highest BCUT2D eigenvalue weighted by Gasteiger charge is 2.73. The number of fused-ring (bicyclic) bond motifs is 6. The second kappa shape index (κ2) is 8.74. The molecule has 0 radical (unpaired) electrons. The molecule has 38 heavy (non-hydrogen) atoms. The Morgan fingerprint density at radius 3 is 2.50 bits per heavy atom. The highest BCUT2D eigenvalue weighted by molar-refractivity contribution is 6.26. The average molecular weight is 512 g/mol. The fourth-order valence-electron chi connectivity index (χ4n) is 6.73. The van der Waals surface area contributed by atoms with E-state index >= 15 is 0 Å². The maximum absolute atomic E-state index is 13.9. The van der Waals surface area contributed by atoms with E-state index in [1.165, 1.54) is 29.2 Å². The van der Waals surface area contributed by atoms with E-state index in [9.17, 15) is 24.0 Å². The van der Waals surface area contributed by atoms with Crippen LogP contribution >= 0.6 is 0 Å². The van der Waals surface area contributed by atoms with E-state index in [1.54, 1.807) is 12.1 Å². The van der Waals surface area contributed by atoms with Gasteiger partial charge in [-0.2, -0.15) is 5.26 Å². The van der Waals surface area contributed by atoms with Crippen molar-refractivity contribution in [1.29, 1.82) is 5.26 Å². The third kappa shape index (κ3) is 3.61. The third-order valence-electron chi connectivity index (χ3n) is 8.41. The summed E-state index contributed by atoms with van der Waals surface area (Å²) in [5.41, 5.74) is -0.0676. The minimum atomic E-state index is -0.806. The zero-order valence-corrected chi connectivity index (χ0v) is 20.9. The minimum Gasteiger partial charge on any atom is -0.367 e. The summed E-state index contributed by atoms with van der Waals surface area (Å²) in [7, 11) is 0. The van der Waals surface area contributed by atoms with Gasteiger partial charge in [-0.15, -0.1) is 0 Å². The van der Waals surface area contributed by atoms with Gasteiger partial charge in [0.25, 0.3) is 0 Å². The highest BCUT2D eigenvalue weighted by atomic mass is 19.1. The Balaban J connectivity index is 1.24. The molecule has 1 N–H and O–H groups in total. The fraction of sp³-hybridized carbons (Fsp3) is 0.333. The van der Waals surface area contributed by atoms with Crippen molar-refractivity contribution in [3.63, 3.8) is 0 Å². The van der Waals surface area contributed by atoms with Gasteiger partial charge >= 0.3 is 0 Å². The number of nitrogens with zero attached hydrogens (tertiary/aromatic N) is 2. The van der Waals surface area contributed by atoms with Crippen LogP contribution in [0.2, 0.25) is 0 Å². The SMILES string of the molecule is C[C@@]12CCC(CCCC(=O)Nc3ccc(F)cc3)(O1)[C@@H]1C(=O)N(c3ccc(C#N)c4ccccc34)C(=O)C12. The minimum absolute atomic E-state index is 0.206. The van der Waals surface area contributed by atoms with Crippen LogP contribution < -0.4 is 10.2 Å². The Bertz CT molecular complexity index is 1530. The number of benzene rings is 3. The summed E-state index contributed by atoms with van der Waals surface area (Å²) in [6.45, 7) is 1.91. The number of hydrogen-bond acceptors (Lipinski definition) is 5. The number of nitriles is 1. The van der Waals surface area contributed by atoms with Gasteiger partial charge in [-0.3, -0.25) is 14.4 Å². The molecule has 2 bridgehead atoms. The molecule has 3 aromatic rings. The van der Waals surface area contributed by atoms with Crippen LogP contribution in [0.15, 0.2) is 60.7 Å². The van der Waals surface area contributed by atoms with Crippen LogP contribution in [0.3, 0.4) is 0 Å². The lowest BCUT2D eigenvalue weighted by molar-refractivity contribution is -0.130. The Labute approximate surface area is 219 Å². The van der Waals surface area contributed by atoms with Crippen LogP contribution in [-0.4, -0.2) is 28.9 Å². The molecule has 0 spiro atoms. The van der Waals surface area contributed by atoms with Crippen molar-refractivity contribution >= 4 is 39.9 Å². The lowest BCUT2D eigenvalue weighted by Gasteiger charge is -2.31. The van der Waals surface area contributed by atoms with Gasteiger partial charge in [0.05, 0.1) is 40.4 Å². The van der Waals surface area contributed by atoms with Gasteiger partial charge in [0.1, 0.15) is 5.82 Å². The van der Waals surface area contributed by atoms with Crippen LogP contribution in [0.4, 0.5) is 15.8 Å². The quantitative estimate of drug-likeness (QED) is 0.465. The van der Waals surface area contributed by atoms with Crippen molar-refractivity contribution in [3.8, 4) is 6.07 Å². The molecule has 3 fully saturated rings. The zero-order chi connectivity index (χ0) is 26.7. The smallest absolute Gasteiger partial charge is 0.240 e. The number of hydrogen-bond donors (Lipinski definition) is 1. The van der Waals surface area contributed by atoms with Crippen molar-refractivity contribution in [2.45, 2.75) is 50.2 Å². The van der Waals surface area contributed by atoms with Crippen molar-refractivity contribution in [2.75, 3.05) is 10.2 Å². The first kappa shape index (κ1) is 24.3. The summed E-state index contributed by atoms with van der Waals surface area (Å²) < 4.78 is 19.6. The molecule has 2 unspecified atom stereocenters. The van der Waals surface area contributed by atoms with Crippen LogP contribution in [0.1, 0.15) is 44.6 Å². The van der Waals surface area contributed by atoms with Crippen molar-refractivity contribution in [3.05, 3.63) is 72.0 Å². The van der Waals surface area contributed by atoms with Crippen molar-refractivity contribution < 1.29 is 23.5 Å². The summed E-state index contributed by atoms with van der Waals surface area (Å²) in [6, 6.07) is 18.4. The molecular weight excluding hydrogens is 485 g/mol. The standard InChI is InChI=1S/C30H26FN3O4/c1-29-15-16-30(38-29,14-4-7-24(35)33-20-11-9-19(31)10-12-20)26-25(29)27(36)34(28(26)37)23-13-8-18(17-32)21-5-2-3-6-22(21)23/h2-3,5-6,8-13,25-26H,4,7,14-16H2,1H3,(H,33,35)/t25?,26-,29-,30?/m0/s1. The Morgan fingerprint density at radius 1 is 1.05 bits per heavy atom. The van der Waals surface area contributed by atoms with Gasteiger partial charge in [-0.25, -0.2) is 9.29 Å². The van der Waals surface area contributed by atoms with Crippen LogP contribution in [0.5, 0.6) is 0 Å². The highest BCUT2D eigenvalue weighted by Crippen LogP contribution is 2.62. The number of halogens is 1. The molecule has 3 heterocycles. The van der Waals surface area contributed by atoms with Crippen LogP contribution in [0, 0.1) is 29.0 Å². The summed E-state index contributed by atoms with van der Waals surface area (Å²) >= 11 is 0. The lowest BCUT2D eigenvalue weighted by Crippen LogP contribution is -2.42. The Morgan fingerprint density at radius 2 is 1.76 bits per heavy atom. The molecule has 0 aromatic heterocycles. The third-order valence-corrected chi connectivity index (χ3v) is 8.41. The van der Waals surface area contributed by atoms with E-state index in [0.29, 0.717) is 53.4 Å². The fourth-order valence-corrected chi connectivity index (χ4v) is 6.73. The predicted octanol–water partition coefficient (Wildman–Crippen LogP) is 5.09. The van der Waals surface area contributed by atoms with Crippen LogP contribution in [0.25, 0.3) is 10.8 Å². The van der Waals surface area contributed by atoms with E-state index in [1.807, 2.05) is 31.2 Å².